The normalized spacial score (nSPS) is 14.1. The lowest BCUT2D eigenvalue weighted by atomic mass is 10.0. The first-order valence-electron chi connectivity index (χ1n) is 4.70. The third kappa shape index (κ3) is 2.77. The first-order valence-corrected chi connectivity index (χ1v) is 4.70. The number of hydrogen-bond acceptors (Lipinski definition) is 5. The highest BCUT2D eigenvalue weighted by Gasteiger charge is 2.24. The minimum absolute atomic E-state index is 0.124. The fraction of sp³-hybridized carbons (Fsp3) is 0.300. The smallest absolute Gasteiger partial charge is 0.354 e. The maximum atomic E-state index is 10.7. The molecule has 2 atom stereocenters. The average Bonchev–Trinajstić information content (AvgIpc) is 2.26. The van der Waals surface area contributed by atoms with E-state index in [4.69, 9.17) is 10.8 Å². The van der Waals surface area contributed by atoms with Gasteiger partial charge >= 0.3 is 5.97 Å². The van der Waals surface area contributed by atoms with Crippen LogP contribution >= 0.6 is 0 Å². The second-order valence-electron chi connectivity index (χ2n) is 3.53. The van der Waals surface area contributed by atoms with Crippen molar-refractivity contribution in [3.05, 3.63) is 29.1 Å². The van der Waals surface area contributed by atoms with Crippen molar-refractivity contribution in [2.45, 2.75) is 19.1 Å². The second-order valence-corrected chi connectivity index (χ2v) is 3.53. The number of aromatic carboxylic acids is 1. The Morgan fingerprint density at radius 1 is 1.41 bits per heavy atom. The number of aliphatic hydroxyl groups is 2. The van der Waals surface area contributed by atoms with Gasteiger partial charge in [0.05, 0.1) is 0 Å². The monoisotopic (exact) mass is 240 g/mol. The molecule has 0 saturated heterocycles. The van der Waals surface area contributed by atoms with Crippen molar-refractivity contribution in [3.8, 4) is 0 Å². The largest absolute Gasteiger partial charge is 0.477 e. The Morgan fingerprint density at radius 3 is 2.41 bits per heavy atom. The highest BCUT2D eigenvalue weighted by molar-refractivity contribution is 5.87. The van der Waals surface area contributed by atoms with E-state index in [1.807, 2.05) is 0 Å². The van der Waals surface area contributed by atoms with E-state index in [2.05, 4.69) is 4.98 Å². The summed E-state index contributed by atoms with van der Waals surface area (Å²) in [5.74, 6) is -2.27. The lowest BCUT2D eigenvalue weighted by molar-refractivity contribution is -0.132. The van der Waals surface area contributed by atoms with E-state index in [0.717, 1.165) is 6.20 Å². The quantitative estimate of drug-likeness (QED) is 0.531. The second kappa shape index (κ2) is 4.89. The number of carboxylic acids is 1. The number of aryl methyl sites for hydroxylation is 1. The lowest BCUT2D eigenvalue weighted by Crippen LogP contribution is -2.34. The summed E-state index contributed by atoms with van der Waals surface area (Å²) in [6.07, 6.45) is -2.21. The molecule has 0 aliphatic rings. The van der Waals surface area contributed by atoms with Gasteiger partial charge in [-0.1, -0.05) is 0 Å². The van der Waals surface area contributed by atoms with Gasteiger partial charge in [0.15, 0.2) is 11.8 Å². The Morgan fingerprint density at radius 2 is 2.00 bits per heavy atom. The number of carbonyl (C=O) groups excluding carboxylic acids is 1. The summed E-state index contributed by atoms with van der Waals surface area (Å²) in [5.41, 5.74) is 5.10. The molecule has 17 heavy (non-hydrogen) atoms. The van der Waals surface area contributed by atoms with Crippen LogP contribution in [0.4, 0.5) is 0 Å². The third-order valence-electron chi connectivity index (χ3n) is 2.23. The van der Waals surface area contributed by atoms with E-state index in [-0.39, 0.29) is 11.3 Å². The van der Waals surface area contributed by atoms with Gasteiger partial charge in [0.25, 0.3) is 0 Å². The minimum atomic E-state index is -1.76. The summed E-state index contributed by atoms with van der Waals surface area (Å²) < 4.78 is 0. The Kier molecular flexibility index (Phi) is 3.77. The van der Waals surface area contributed by atoms with Crippen molar-refractivity contribution in [1.29, 1.82) is 0 Å². The predicted octanol–water partition coefficient (Wildman–Crippen LogP) is -1.03. The minimum Gasteiger partial charge on any atom is -0.477 e. The molecule has 1 aromatic heterocycles. The molecule has 0 aliphatic carbocycles. The van der Waals surface area contributed by atoms with E-state index in [9.17, 15) is 19.8 Å². The number of primary amides is 1. The maximum absolute atomic E-state index is 10.7. The van der Waals surface area contributed by atoms with Gasteiger partial charge in [-0.05, 0) is 18.6 Å². The van der Waals surface area contributed by atoms with Gasteiger partial charge in [0.2, 0.25) is 5.91 Å². The van der Waals surface area contributed by atoms with Crippen molar-refractivity contribution in [2.75, 3.05) is 0 Å². The van der Waals surface area contributed by atoms with Gasteiger partial charge in [-0.3, -0.25) is 4.79 Å². The average molecular weight is 240 g/mol. The van der Waals surface area contributed by atoms with Crippen molar-refractivity contribution in [1.82, 2.24) is 4.98 Å². The Hall–Kier alpha value is -1.99. The molecule has 0 aromatic carbocycles. The molecule has 1 aromatic rings. The molecule has 7 heteroatoms. The molecule has 1 amide bonds. The number of carbonyl (C=O) groups is 2. The van der Waals surface area contributed by atoms with Gasteiger partial charge in [0, 0.05) is 11.8 Å². The van der Waals surface area contributed by atoms with E-state index in [1.54, 1.807) is 0 Å². The first kappa shape index (κ1) is 13.1. The number of rotatable bonds is 4. The van der Waals surface area contributed by atoms with Gasteiger partial charge in [0.1, 0.15) is 6.10 Å². The van der Waals surface area contributed by atoms with Crippen LogP contribution in [0.1, 0.15) is 27.7 Å². The number of aliphatic hydroxyl groups excluding tert-OH is 2. The number of nitrogens with zero attached hydrogens (tertiary/aromatic N) is 1. The van der Waals surface area contributed by atoms with Crippen LogP contribution in [-0.2, 0) is 4.79 Å². The van der Waals surface area contributed by atoms with Crippen LogP contribution in [0, 0.1) is 6.92 Å². The van der Waals surface area contributed by atoms with Crippen molar-refractivity contribution in [2.24, 2.45) is 5.73 Å². The van der Waals surface area contributed by atoms with Crippen LogP contribution in [0.3, 0.4) is 0 Å². The van der Waals surface area contributed by atoms with Gasteiger partial charge in [-0.15, -0.1) is 0 Å². The maximum Gasteiger partial charge on any atom is 0.354 e. The standard InChI is InChI=1S/C10H12N2O5/c1-4-2-5(3-12-6(4)10(16)17)7(13)8(14)9(11)15/h2-3,7-8,13-14H,1H3,(H2,11,15)(H,16,17). The number of hydrogen-bond donors (Lipinski definition) is 4. The Bertz CT molecular complexity index is 460. The molecule has 2 unspecified atom stereocenters. The predicted molar refractivity (Wildman–Crippen MR) is 56.1 cm³/mol. The van der Waals surface area contributed by atoms with E-state index in [0.29, 0.717) is 5.56 Å². The zero-order chi connectivity index (χ0) is 13.2. The van der Waals surface area contributed by atoms with Crippen molar-refractivity contribution >= 4 is 11.9 Å². The van der Waals surface area contributed by atoms with Gasteiger partial charge in [-0.25, -0.2) is 9.78 Å². The SMILES string of the molecule is Cc1cc(C(O)C(O)C(N)=O)cnc1C(=O)O. The third-order valence-corrected chi connectivity index (χ3v) is 2.23. The van der Waals surface area contributed by atoms with Crippen LogP contribution in [0.25, 0.3) is 0 Å². The summed E-state index contributed by atoms with van der Waals surface area (Å²) in [6.45, 7) is 1.49. The number of pyridine rings is 1. The van der Waals surface area contributed by atoms with E-state index in [1.165, 1.54) is 13.0 Å². The van der Waals surface area contributed by atoms with E-state index < -0.39 is 24.1 Å². The van der Waals surface area contributed by atoms with E-state index >= 15 is 0 Å². The topological polar surface area (TPSA) is 134 Å². The highest BCUT2D eigenvalue weighted by atomic mass is 16.4. The molecule has 0 saturated carbocycles. The molecule has 0 aliphatic heterocycles. The molecule has 1 rings (SSSR count). The van der Waals surface area contributed by atoms with Crippen LogP contribution in [0.15, 0.2) is 12.3 Å². The van der Waals surface area contributed by atoms with Crippen molar-refractivity contribution < 1.29 is 24.9 Å². The fourth-order valence-electron chi connectivity index (χ4n) is 1.32. The molecule has 0 fully saturated rings. The Balaban J connectivity index is 3.05. The molecular formula is C10H12N2O5. The van der Waals surface area contributed by atoms with Crippen LogP contribution in [0.5, 0.6) is 0 Å². The van der Waals surface area contributed by atoms with Crippen LogP contribution in [-0.4, -0.2) is 38.3 Å². The first-order chi connectivity index (χ1) is 7.84. The lowest BCUT2D eigenvalue weighted by Gasteiger charge is -2.15. The van der Waals surface area contributed by atoms with Crippen LogP contribution < -0.4 is 5.73 Å². The van der Waals surface area contributed by atoms with Crippen LogP contribution in [0.2, 0.25) is 0 Å². The number of carboxylic acid groups (broad SMARTS) is 1. The summed E-state index contributed by atoms with van der Waals surface area (Å²) in [6, 6.07) is 1.33. The zero-order valence-electron chi connectivity index (χ0n) is 8.99. The van der Waals surface area contributed by atoms with Gasteiger partial charge in [-0.2, -0.15) is 0 Å². The molecule has 0 spiro atoms. The molecule has 0 radical (unpaired) electrons. The highest BCUT2D eigenvalue weighted by Crippen LogP contribution is 2.18. The summed E-state index contributed by atoms with van der Waals surface area (Å²) in [4.78, 5) is 25.0. The van der Waals surface area contributed by atoms with Crippen molar-refractivity contribution in [3.63, 3.8) is 0 Å². The number of amides is 1. The molecule has 1 heterocycles. The zero-order valence-corrected chi connectivity index (χ0v) is 8.99. The summed E-state index contributed by atoms with van der Waals surface area (Å²) in [7, 11) is 0. The Labute approximate surface area is 96.5 Å². The molecule has 7 nitrogen and oxygen atoms in total. The number of nitrogens with two attached hydrogens (primary N) is 1. The molecule has 0 bridgehead atoms. The van der Waals surface area contributed by atoms with Gasteiger partial charge < -0.3 is 21.1 Å². The summed E-state index contributed by atoms with van der Waals surface area (Å²) >= 11 is 0. The summed E-state index contributed by atoms with van der Waals surface area (Å²) in [5, 5.41) is 27.6. The molecular weight excluding hydrogens is 228 g/mol. The number of aromatic nitrogens is 1. The molecule has 92 valence electrons. The fourth-order valence-corrected chi connectivity index (χ4v) is 1.32. The molecule has 5 N–H and O–H groups in total.